The van der Waals surface area contributed by atoms with E-state index in [2.05, 4.69) is 0 Å². The first-order chi connectivity index (χ1) is 4.20. The third-order valence-electron chi connectivity index (χ3n) is 1.30. The first-order valence-corrected chi connectivity index (χ1v) is 3.07. The van der Waals surface area contributed by atoms with E-state index in [4.69, 9.17) is 11.8 Å². The molecule has 50 valence electrons. The molecule has 0 spiro atoms. The second-order valence-corrected chi connectivity index (χ2v) is 2.41. The summed E-state index contributed by atoms with van der Waals surface area (Å²) in [6.07, 6.45) is 5.54. The van der Waals surface area contributed by atoms with E-state index in [9.17, 15) is 0 Å². The van der Waals surface area contributed by atoms with Gasteiger partial charge in [-0.05, 0) is 6.92 Å². The summed E-state index contributed by atoms with van der Waals surface area (Å²) in [7, 11) is 1.98. The van der Waals surface area contributed by atoms with Gasteiger partial charge in [0.1, 0.15) is 0 Å². The molecule has 0 N–H and O–H groups in total. The number of allylic oxidation sites excluding steroid dienone is 1. The van der Waals surface area contributed by atoms with E-state index in [0.29, 0.717) is 0 Å². The van der Waals surface area contributed by atoms with Crippen LogP contribution in [0, 0.1) is 0 Å². The Morgan fingerprint density at radius 1 is 1.44 bits per heavy atom. The van der Waals surface area contributed by atoms with Gasteiger partial charge in [0.05, 0.1) is 0 Å². The molecule has 0 bridgehead atoms. The van der Waals surface area contributed by atoms with Gasteiger partial charge in [0, 0.05) is 43.1 Å². The third-order valence-corrected chi connectivity index (χ3v) is 1.51. The predicted octanol–water partition coefficient (Wildman–Crippen LogP) is 1.72. The molecular formula is C6H9ClN2. The van der Waals surface area contributed by atoms with Gasteiger partial charge in [-0.25, -0.2) is 0 Å². The topological polar surface area (TPSA) is 6.48 Å². The molecule has 0 aromatic heterocycles. The molecule has 9 heavy (non-hydrogen) atoms. The van der Waals surface area contributed by atoms with E-state index in [0.717, 1.165) is 5.70 Å². The number of hydrogen-bond acceptors (Lipinski definition) is 2. The minimum atomic E-state index is 1.13. The van der Waals surface area contributed by atoms with Gasteiger partial charge in [-0.2, -0.15) is 0 Å². The van der Waals surface area contributed by atoms with Crippen molar-refractivity contribution in [2.75, 3.05) is 7.05 Å². The summed E-state index contributed by atoms with van der Waals surface area (Å²) in [6, 6.07) is 0. The molecular weight excluding hydrogens is 136 g/mol. The fourth-order valence-corrected chi connectivity index (χ4v) is 0.785. The maximum atomic E-state index is 5.62. The van der Waals surface area contributed by atoms with E-state index in [1.54, 1.807) is 6.20 Å². The molecule has 0 aromatic carbocycles. The average Bonchev–Trinajstić information content (AvgIpc) is 1.80. The molecule has 0 amide bonds. The monoisotopic (exact) mass is 144 g/mol. The van der Waals surface area contributed by atoms with Crippen molar-refractivity contribution in [2.45, 2.75) is 6.92 Å². The molecule has 0 saturated heterocycles. The second kappa shape index (κ2) is 2.31. The molecule has 0 aliphatic carbocycles. The molecule has 0 aromatic rings. The first-order valence-electron chi connectivity index (χ1n) is 2.74. The normalized spacial score (nSPS) is 18.3. The van der Waals surface area contributed by atoms with Crippen molar-refractivity contribution in [1.29, 1.82) is 0 Å². The first kappa shape index (κ1) is 6.49. The smallest absolute Gasteiger partial charge is 0.0405 e. The Kier molecular flexibility index (Phi) is 1.67. The Hall–Kier alpha value is -0.630. The standard InChI is InChI=1S/C6H9ClN2/c1-6-5-9(7)4-3-8(6)2/h3-5H,1-2H3. The van der Waals surface area contributed by atoms with Gasteiger partial charge >= 0.3 is 0 Å². The van der Waals surface area contributed by atoms with Crippen molar-refractivity contribution >= 4 is 11.8 Å². The summed E-state index contributed by atoms with van der Waals surface area (Å²) in [5.74, 6) is 0. The van der Waals surface area contributed by atoms with E-state index in [1.807, 2.05) is 31.3 Å². The molecule has 1 aliphatic heterocycles. The van der Waals surface area contributed by atoms with Gasteiger partial charge in [0.25, 0.3) is 0 Å². The van der Waals surface area contributed by atoms with E-state index in [-0.39, 0.29) is 0 Å². The molecule has 0 atom stereocenters. The van der Waals surface area contributed by atoms with Crippen LogP contribution in [0.1, 0.15) is 6.92 Å². The van der Waals surface area contributed by atoms with Crippen molar-refractivity contribution in [1.82, 2.24) is 9.32 Å². The highest BCUT2D eigenvalue weighted by molar-refractivity contribution is 6.14. The maximum absolute atomic E-state index is 5.62. The molecule has 3 heteroatoms. The third kappa shape index (κ3) is 1.39. The summed E-state index contributed by atoms with van der Waals surface area (Å²) in [6.45, 7) is 2.00. The minimum Gasteiger partial charge on any atom is -0.352 e. The fourth-order valence-electron chi connectivity index (χ4n) is 0.594. The highest BCUT2D eigenvalue weighted by Crippen LogP contribution is 2.11. The molecule has 0 radical (unpaired) electrons. The van der Waals surface area contributed by atoms with Crippen LogP contribution >= 0.6 is 11.8 Å². The summed E-state index contributed by atoms with van der Waals surface area (Å²) in [4.78, 5) is 2.00. The maximum Gasteiger partial charge on any atom is 0.0405 e. The summed E-state index contributed by atoms with van der Waals surface area (Å²) in [5, 5.41) is 0. The fraction of sp³-hybridized carbons (Fsp3) is 0.333. The number of rotatable bonds is 0. The molecule has 0 unspecified atom stereocenters. The number of hydrogen-bond donors (Lipinski definition) is 0. The second-order valence-electron chi connectivity index (χ2n) is 2.02. The van der Waals surface area contributed by atoms with Crippen molar-refractivity contribution in [3.63, 3.8) is 0 Å². The summed E-state index contributed by atoms with van der Waals surface area (Å²) >= 11 is 5.62. The zero-order chi connectivity index (χ0) is 6.85. The van der Waals surface area contributed by atoms with Crippen LogP contribution in [0.5, 0.6) is 0 Å². The lowest BCUT2D eigenvalue weighted by atomic mass is 10.4. The van der Waals surface area contributed by atoms with Crippen LogP contribution in [0.2, 0.25) is 0 Å². The Bertz CT molecular complexity index is 162. The SMILES string of the molecule is CC1=CN(Cl)C=CN1C. The molecule has 0 saturated carbocycles. The number of nitrogens with zero attached hydrogens (tertiary/aromatic N) is 2. The van der Waals surface area contributed by atoms with Crippen molar-refractivity contribution in [3.05, 3.63) is 24.3 Å². The van der Waals surface area contributed by atoms with E-state index >= 15 is 0 Å². The van der Waals surface area contributed by atoms with Gasteiger partial charge < -0.3 is 4.90 Å². The van der Waals surface area contributed by atoms with E-state index < -0.39 is 0 Å². The summed E-state index contributed by atoms with van der Waals surface area (Å²) in [5.41, 5.74) is 1.13. The van der Waals surface area contributed by atoms with Crippen molar-refractivity contribution < 1.29 is 0 Å². The zero-order valence-corrected chi connectivity index (χ0v) is 6.26. The highest BCUT2D eigenvalue weighted by Gasteiger charge is 2.01. The Labute approximate surface area is 60.1 Å². The number of halogens is 1. The van der Waals surface area contributed by atoms with Crippen LogP contribution in [-0.4, -0.2) is 16.4 Å². The quantitative estimate of drug-likeness (QED) is 0.478. The molecule has 0 fully saturated rings. The lowest BCUT2D eigenvalue weighted by molar-refractivity contribution is 0.523. The van der Waals surface area contributed by atoms with Crippen LogP contribution in [0.15, 0.2) is 24.3 Å². The van der Waals surface area contributed by atoms with Crippen molar-refractivity contribution in [3.8, 4) is 0 Å². The minimum absolute atomic E-state index is 1.13. The Morgan fingerprint density at radius 2 is 2.11 bits per heavy atom. The largest absolute Gasteiger partial charge is 0.352 e. The van der Waals surface area contributed by atoms with Crippen LogP contribution in [0.3, 0.4) is 0 Å². The lowest BCUT2D eigenvalue weighted by Crippen LogP contribution is -2.14. The molecule has 1 rings (SSSR count). The molecule has 2 nitrogen and oxygen atoms in total. The lowest BCUT2D eigenvalue weighted by Gasteiger charge is -2.21. The Morgan fingerprint density at radius 3 is 2.56 bits per heavy atom. The zero-order valence-electron chi connectivity index (χ0n) is 5.50. The van der Waals surface area contributed by atoms with Gasteiger partial charge in [-0.1, -0.05) is 0 Å². The van der Waals surface area contributed by atoms with Gasteiger partial charge in [0.2, 0.25) is 0 Å². The van der Waals surface area contributed by atoms with Crippen LogP contribution in [-0.2, 0) is 0 Å². The predicted molar refractivity (Wildman–Crippen MR) is 38.4 cm³/mol. The average molecular weight is 145 g/mol. The van der Waals surface area contributed by atoms with Crippen LogP contribution in [0.4, 0.5) is 0 Å². The van der Waals surface area contributed by atoms with Crippen LogP contribution < -0.4 is 0 Å². The van der Waals surface area contributed by atoms with Gasteiger partial charge in [-0.3, -0.25) is 4.42 Å². The Balaban J connectivity index is 2.70. The highest BCUT2D eigenvalue weighted by atomic mass is 35.5. The molecule has 1 aliphatic rings. The summed E-state index contributed by atoms with van der Waals surface area (Å²) < 4.78 is 1.51. The van der Waals surface area contributed by atoms with Gasteiger partial charge in [-0.15, -0.1) is 0 Å². The van der Waals surface area contributed by atoms with E-state index in [1.165, 1.54) is 4.42 Å². The molecule has 1 heterocycles. The van der Waals surface area contributed by atoms with Gasteiger partial charge in [0.15, 0.2) is 0 Å². The van der Waals surface area contributed by atoms with Crippen LogP contribution in [0.25, 0.3) is 0 Å². The van der Waals surface area contributed by atoms with Crippen molar-refractivity contribution in [2.24, 2.45) is 0 Å².